The van der Waals surface area contributed by atoms with E-state index in [0.717, 1.165) is 23.4 Å². The molecular formula is C18H36N2OS. The van der Waals surface area contributed by atoms with Crippen LogP contribution in [-0.2, 0) is 4.79 Å². The molecule has 130 valence electrons. The van der Waals surface area contributed by atoms with E-state index in [1.807, 2.05) is 41.8 Å². The van der Waals surface area contributed by atoms with Crippen LogP contribution in [0.25, 0.3) is 0 Å². The van der Waals surface area contributed by atoms with E-state index in [1.165, 1.54) is 32.1 Å². The van der Waals surface area contributed by atoms with Gasteiger partial charge in [-0.1, -0.05) is 40.0 Å². The Balaban J connectivity index is 0. The first-order chi connectivity index (χ1) is 10.5. The predicted octanol–water partition coefficient (Wildman–Crippen LogP) is 5.17. The second-order valence-electron chi connectivity index (χ2n) is 5.44. The summed E-state index contributed by atoms with van der Waals surface area (Å²) in [7, 11) is 3.75. The highest BCUT2D eigenvalue weighted by Crippen LogP contribution is 2.42. The summed E-state index contributed by atoms with van der Waals surface area (Å²) in [5.74, 6) is 0. The second-order valence-corrected chi connectivity index (χ2v) is 6.50. The summed E-state index contributed by atoms with van der Waals surface area (Å²) >= 11 is 1.69. The molecule has 1 aromatic rings. The van der Waals surface area contributed by atoms with Crippen LogP contribution >= 0.6 is 11.3 Å². The average Bonchev–Trinajstić information content (AvgIpc) is 3.13. The predicted molar refractivity (Wildman–Crippen MR) is 99.8 cm³/mol. The number of nitrogens with zero attached hydrogens (tertiary/aromatic N) is 1. The van der Waals surface area contributed by atoms with Crippen LogP contribution in [0.4, 0.5) is 0 Å². The summed E-state index contributed by atoms with van der Waals surface area (Å²) in [6.07, 6.45) is 8.30. The van der Waals surface area contributed by atoms with Gasteiger partial charge >= 0.3 is 0 Å². The molecule has 1 saturated carbocycles. The van der Waals surface area contributed by atoms with Crippen molar-refractivity contribution >= 4 is 17.6 Å². The van der Waals surface area contributed by atoms with Crippen LogP contribution in [0.3, 0.4) is 0 Å². The van der Waals surface area contributed by atoms with Crippen LogP contribution in [0.2, 0.25) is 0 Å². The van der Waals surface area contributed by atoms with Gasteiger partial charge in [0.05, 0.1) is 5.01 Å². The van der Waals surface area contributed by atoms with Crippen LogP contribution in [0.15, 0.2) is 5.38 Å². The van der Waals surface area contributed by atoms with Gasteiger partial charge < -0.3 is 10.1 Å². The molecule has 0 bridgehead atoms. The molecule has 0 spiro atoms. The average molecular weight is 329 g/mol. The number of carbonyl (C=O) groups excluding carboxylic acids is 1. The van der Waals surface area contributed by atoms with Crippen LogP contribution in [0.5, 0.6) is 0 Å². The molecule has 4 heteroatoms. The molecule has 22 heavy (non-hydrogen) atoms. The Morgan fingerprint density at radius 1 is 1.27 bits per heavy atom. The van der Waals surface area contributed by atoms with Gasteiger partial charge in [-0.2, -0.15) is 0 Å². The zero-order valence-electron chi connectivity index (χ0n) is 15.7. The maximum Gasteiger partial charge on any atom is 0.120 e. The topological polar surface area (TPSA) is 42.0 Å². The second kappa shape index (κ2) is 15.2. The summed E-state index contributed by atoms with van der Waals surface area (Å²) in [4.78, 5) is 14.5. The molecule has 3 nitrogen and oxygen atoms in total. The number of hydrogen-bond acceptors (Lipinski definition) is 4. The Morgan fingerprint density at radius 3 is 2.00 bits per heavy atom. The Hall–Kier alpha value is -0.740. The van der Waals surface area contributed by atoms with Crippen molar-refractivity contribution in [3.8, 4) is 0 Å². The normalized spacial score (nSPS) is 14.5. The molecule has 0 saturated heterocycles. The van der Waals surface area contributed by atoms with Crippen molar-refractivity contribution in [2.24, 2.45) is 5.41 Å². The Bertz CT molecular complexity index is 341. The number of aryl methyl sites for hydroxylation is 2. The quantitative estimate of drug-likeness (QED) is 0.779. The van der Waals surface area contributed by atoms with Crippen molar-refractivity contribution in [1.29, 1.82) is 0 Å². The summed E-state index contributed by atoms with van der Waals surface area (Å²) in [5, 5.41) is 5.95. The van der Waals surface area contributed by atoms with E-state index in [1.54, 1.807) is 11.3 Å². The van der Waals surface area contributed by atoms with Crippen LogP contribution in [-0.4, -0.2) is 25.4 Å². The van der Waals surface area contributed by atoms with Gasteiger partial charge in [0.1, 0.15) is 6.29 Å². The molecule has 1 aromatic heterocycles. The third-order valence-corrected chi connectivity index (χ3v) is 4.56. The molecule has 1 aliphatic rings. The molecule has 1 aliphatic carbocycles. The van der Waals surface area contributed by atoms with Crippen LogP contribution < -0.4 is 5.32 Å². The Labute approximate surface area is 141 Å². The zero-order valence-corrected chi connectivity index (χ0v) is 16.5. The lowest BCUT2D eigenvalue weighted by molar-refractivity contribution is -0.109. The van der Waals surface area contributed by atoms with Gasteiger partial charge in [-0.3, -0.25) is 0 Å². The molecule has 2 rings (SSSR count). The lowest BCUT2D eigenvalue weighted by Gasteiger charge is -2.23. The Morgan fingerprint density at radius 2 is 1.77 bits per heavy atom. The van der Waals surface area contributed by atoms with E-state index in [9.17, 15) is 4.79 Å². The van der Waals surface area contributed by atoms with Crippen molar-refractivity contribution in [2.75, 3.05) is 14.1 Å². The number of thiazole rings is 1. The molecular weight excluding hydrogens is 292 g/mol. The smallest absolute Gasteiger partial charge is 0.120 e. The fourth-order valence-corrected chi connectivity index (χ4v) is 3.07. The fraction of sp³-hybridized carbons (Fsp3) is 0.778. The first-order valence-electron chi connectivity index (χ1n) is 8.44. The largest absolute Gasteiger partial charge is 0.323 e. The minimum Gasteiger partial charge on any atom is -0.323 e. The number of carbonyl (C=O) groups is 1. The monoisotopic (exact) mass is 328 g/mol. The van der Waals surface area contributed by atoms with Gasteiger partial charge in [-0.15, -0.1) is 11.3 Å². The maximum atomic E-state index is 10.3. The van der Waals surface area contributed by atoms with E-state index < -0.39 is 0 Å². The first kappa shape index (κ1) is 23.5. The lowest BCUT2D eigenvalue weighted by atomic mass is 9.81. The number of aromatic nitrogens is 1. The molecule has 1 N–H and O–H groups in total. The highest BCUT2D eigenvalue weighted by molar-refractivity contribution is 7.09. The van der Waals surface area contributed by atoms with E-state index in [-0.39, 0.29) is 0 Å². The highest BCUT2D eigenvalue weighted by atomic mass is 32.1. The third-order valence-electron chi connectivity index (χ3n) is 3.66. The standard InChI is InChI=1S/C9H16O.C5H7NS.C2H7N.C2H6/c1-2-9(7-8-10)5-3-4-6-9;1-4-3-7-5(2)6-4;1-3-2;1-2/h8H,2-7H2,1H3;3H,1-2H3;3H,1-2H3;1-2H3. The molecule has 1 fully saturated rings. The van der Waals surface area contributed by atoms with Crippen molar-refractivity contribution in [1.82, 2.24) is 10.3 Å². The summed E-state index contributed by atoms with van der Waals surface area (Å²) in [5.41, 5.74) is 1.55. The molecule has 0 aromatic carbocycles. The fourth-order valence-electron chi connectivity index (χ4n) is 2.48. The Kier molecular flexibility index (Phi) is 16.2. The highest BCUT2D eigenvalue weighted by Gasteiger charge is 2.30. The minimum atomic E-state index is 0.418. The van der Waals surface area contributed by atoms with Gasteiger partial charge in [0.2, 0.25) is 0 Å². The van der Waals surface area contributed by atoms with Crippen molar-refractivity contribution in [3.63, 3.8) is 0 Å². The van der Waals surface area contributed by atoms with Crippen LogP contribution in [0.1, 0.15) is 70.0 Å². The van der Waals surface area contributed by atoms with Crippen molar-refractivity contribution in [2.45, 2.75) is 73.1 Å². The van der Waals surface area contributed by atoms with Gasteiger partial charge in [-0.05, 0) is 46.2 Å². The molecule has 0 aliphatic heterocycles. The third kappa shape index (κ3) is 10.9. The van der Waals surface area contributed by atoms with Crippen LogP contribution in [0, 0.1) is 19.3 Å². The summed E-state index contributed by atoms with van der Waals surface area (Å²) in [6.45, 7) is 10.2. The first-order valence-corrected chi connectivity index (χ1v) is 9.32. The van der Waals surface area contributed by atoms with Gasteiger partial charge in [-0.25, -0.2) is 4.98 Å². The van der Waals surface area contributed by atoms with E-state index in [4.69, 9.17) is 0 Å². The van der Waals surface area contributed by atoms with E-state index in [2.05, 4.69) is 22.6 Å². The van der Waals surface area contributed by atoms with Gasteiger partial charge in [0.15, 0.2) is 0 Å². The maximum absolute atomic E-state index is 10.3. The molecule has 1 heterocycles. The zero-order chi connectivity index (χ0) is 17.4. The van der Waals surface area contributed by atoms with Crippen molar-refractivity contribution < 1.29 is 4.79 Å². The molecule has 0 unspecified atom stereocenters. The van der Waals surface area contributed by atoms with Gasteiger partial charge in [0, 0.05) is 17.5 Å². The number of nitrogens with one attached hydrogen (secondary N) is 1. The number of hydrogen-bond donors (Lipinski definition) is 1. The summed E-state index contributed by atoms with van der Waals surface area (Å²) < 4.78 is 0. The number of rotatable bonds is 3. The summed E-state index contributed by atoms with van der Waals surface area (Å²) in [6, 6.07) is 0. The molecule has 0 amide bonds. The molecule has 0 atom stereocenters. The SMILES string of the molecule is CC.CCC1(CC=O)CCCC1.CNC.Cc1csc(C)n1. The number of aldehydes is 1. The van der Waals surface area contributed by atoms with E-state index >= 15 is 0 Å². The van der Waals surface area contributed by atoms with E-state index in [0.29, 0.717) is 5.41 Å². The van der Waals surface area contributed by atoms with Gasteiger partial charge in [0.25, 0.3) is 0 Å². The van der Waals surface area contributed by atoms with Crippen molar-refractivity contribution in [3.05, 3.63) is 16.1 Å². The lowest BCUT2D eigenvalue weighted by Crippen LogP contribution is -2.14. The minimum absolute atomic E-state index is 0.418. The molecule has 0 radical (unpaired) electrons.